The average Bonchev–Trinajstić information content (AvgIpc) is 2.90. The number of aryl methyl sites for hydroxylation is 1. The predicted octanol–water partition coefficient (Wildman–Crippen LogP) is 5.17. The van der Waals surface area contributed by atoms with E-state index >= 15 is 0 Å². The maximum absolute atomic E-state index is 4.10. The zero-order valence-corrected chi connectivity index (χ0v) is 14.0. The summed E-state index contributed by atoms with van der Waals surface area (Å²) in [6, 6.07) is 6.63. The van der Waals surface area contributed by atoms with Crippen LogP contribution in [0.5, 0.6) is 0 Å². The van der Waals surface area contributed by atoms with E-state index < -0.39 is 0 Å². The molecule has 1 aliphatic rings. The van der Waals surface area contributed by atoms with Crippen molar-refractivity contribution in [3.05, 3.63) is 51.5 Å². The van der Waals surface area contributed by atoms with E-state index in [0.717, 1.165) is 0 Å². The number of nitrogens with zero attached hydrogens (tertiary/aromatic N) is 1. The smallest absolute Gasteiger partial charge is 0.0555 e. The van der Waals surface area contributed by atoms with E-state index in [1.807, 2.05) is 23.7 Å². The van der Waals surface area contributed by atoms with Gasteiger partial charge in [0.25, 0.3) is 0 Å². The summed E-state index contributed by atoms with van der Waals surface area (Å²) in [7, 11) is 0. The van der Waals surface area contributed by atoms with Gasteiger partial charge < -0.3 is 0 Å². The Balaban J connectivity index is 1.83. The highest BCUT2D eigenvalue weighted by atomic mass is 79.9. The molecule has 2 unspecified atom stereocenters. The number of hydrogen-bond acceptors (Lipinski definition) is 3. The average molecular weight is 354 g/mol. The minimum Gasteiger partial charge on any atom is -0.265 e. The van der Waals surface area contributed by atoms with Gasteiger partial charge in [-0.1, -0.05) is 22.9 Å². The molecular weight excluding hydrogens is 338 g/mol. The van der Waals surface area contributed by atoms with Gasteiger partial charge in [-0.05, 0) is 47.4 Å². The van der Waals surface area contributed by atoms with Gasteiger partial charge in [-0.25, -0.2) is 0 Å². The number of aromatic nitrogens is 1. The highest BCUT2D eigenvalue weighted by Crippen LogP contribution is 2.43. The molecule has 19 heavy (non-hydrogen) atoms. The van der Waals surface area contributed by atoms with Crippen LogP contribution in [0.25, 0.3) is 0 Å². The van der Waals surface area contributed by atoms with Crippen LogP contribution in [0.15, 0.2) is 30.6 Å². The fourth-order valence-electron chi connectivity index (χ4n) is 2.39. The van der Waals surface area contributed by atoms with Gasteiger partial charge in [-0.3, -0.25) is 4.98 Å². The summed E-state index contributed by atoms with van der Waals surface area (Å²) in [5.41, 5.74) is 2.90. The molecular formula is C15H16BrNS2. The van der Waals surface area contributed by atoms with Crippen molar-refractivity contribution in [1.29, 1.82) is 0 Å². The topological polar surface area (TPSA) is 12.9 Å². The molecule has 0 fully saturated rings. The molecule has 3 heterocycles. The van der Waals surface area contributed by atoms with Gasteiger partial charge in [0.05, 0.1) is 4.83 Å². The molecule has 1 aliphatic heterocycles. The highest BCUT2D eigenvalue weighted by Gasteiger charge is 2.22. The van der Waals surface area contributed by atoms with Crippen molar-refractivity contribution >= 4 is 39.0 Å². The second-order valence-electron chi connectivity index (χ2n) is 4.87. The minimum atomic E-state index is 0.399. The molecule has 0 saturated carbocycles. The third kappa shape index (κ3) is 2.91. The third-order valence-corrected chi connectivity index (χ3v) is 7.51. The molecule has 0 N–H and O–H groups in total. The number of halogens is 1. The van der Waals surface area contributed by atoms with E-state index in [1.54, 1.807) is 10.4 Å². The molecule has 2 atom stereocenters. The Labute approximate surface area is 131 Å². The largest absolute Gasteiger partial charge is 0.265 e. The molecule has 0 aliphatic carbocycles. The summed E-state index contributed by atoms with van der Waals surface area (Å²) in [4.78, 5) is 7.56. The van der Waals surface area contributed by atoms with E-state index in [4.69, 9.17) is 0 Å². The van der Waals surface area contributed by atoms with Gasteiger partial charge >= 0.3 is 0 Å². The predicted molar refractivity (Wildman–Crippen MR) is 88.5 cm³/mol. The zero-order chi connectivity index (χ0) is 13.2. The van der Waals surface area contributed by atoms with E-state index in [1.165, 1.54) is 28.4 Å². The maximum atomic E-state index is 4.10. The number of pyridine rings is 1. The molecule has 2 aromatic heterocycles. The van der Waals surface area contributed by atoms with Crippen molar-refractivity contribution in [3.63, 3.8) is 0 Å². The molecule has 1 nitrogen and oxygen atoms in total. The second-order valence-corrected chi connectivity index (χ2v) is 8.13. The Hall–Kier alpha value is -0.320. The molecule has 0 spiro atoms. The fourth-order valence-corrected chi connectivity index (χ4v) is 5.57. The van der Waals surface area contributed by atoms with Crippen molar-refractivity contribution in [3.8, 4) is 0 Å². The van der Waals surface area contributed by atoms with Crippen LogP contribution in [-0.4, -0.2) is 10.7 Å². The van der Waals surface area contributed by atoms with Crippen molar-refractivity contribution in [2.75, 3.05) is 5.75 Å². The zero-order valence-electron chi connectivity index (χ0n) is 10.8. The number of rotatable bonds is 3. The van der Waals surface area contributed by atoms with Gasteiger partial charge in [0.2, 0.25) is 0 Å². The van der Waals surface area contributed by atoms with Crippen molar-refractivity contribution in [1.82, 2.24) is 4.98 Å². The monoisotopic (exact) mass is 353 g/mol. The molecule has 0 saturated heterocycles. The van der Waals surface area contributed by atoms with Crippen LogP contribution in [0.2, 0.25) is 0 Å². The highest BCUT2D eigenvalue weighted by molar-refractivity contribution is 9.09. The molecule has 0 aromatic carbocycles. The van der Waals surface area contributed by atoms with Gasteiger partial charge in [0, 0.05) is 27.9 Å². The first-order valence-corrected chi connectivity index (χ1v) is 9.37. The summed E-state index contributed by atoms with van der Waals surface area (Å²) in [6.07, 6.45) is 5.00. The van der Waals surface area contributed by atoms with E-state index in [-0.39, 0.29) is 0 Å². The van der Waals surface area contributed by atoms with Gasteiger partial charge in [-0.15, -0.1) is 11.3 Å². The van der Waals surface area contributed by atoms with Crippen LogP contribution in [0.3, 0.4) is 0 Å². The number of alkyl halides is 1. The summed E-state index contributed by atoms with van der Waals surface area (Å²) < 4.78 is 0. The number of hydrogen-bond donors (Lipinski definition) is 0. The first-order valence-electron chi connectivity index (χ1n) is 6.49. The molecule has 0 radical (unpaired) electrons. The molecule has 2 aromatic rings. The van der Waals surface area contributed by atoms with Crippen LogP contribution in [0.1, 0.15) is 38.6 Å². The SMILES string of the molecule is CC(c1ccncc1)C(Br)c1cc2c(s1)CCSC2. The maximum Gasteiger partial charge on any atom is 0.0555 e. The van der Waals surface area contributed by atoms with Gasteiger partial charge in [0.15, 0.2) is 0 Å². The number of thioether (sulfide) groups is 1. The molecule has 0 amide bonds. The lowest BCUT2D eigenvalue weighted by atomic mass is 9.98. The second kappa shape index (κ2) is 5.98. The fraction of sp³-hybridized carbons (Fsp3) is 0.400. The minimum absolute atomic E-state index is 0.399. The summed E-state index contributed by atoms with van der Waals surface area (Å²) in [6.45, 7) is 2.28. The normalized spacial score (nSPS) is 17.8. The van der Waals surface area contributed by atoms with Crippen LogP contribution >= 0.6 is 39.0 Å². The van der Waals surface area contributed by atoms with Gasteiger partial charge in [0.1, 0.15) is 0 Å². The Kier molecular flexibility index (Phi) is 4.30. The van der Waals surface area contributed by atoms with E-state index in [2.05, 4.69) is 57.8 Å². The first kappa shape index (κ1) is 13.7. The van der Waals surface area contributed by atoms with Crippen LogP contribution in [0.4, 0.5) is 0 Å². The lowest BCUT2D eigenvalue weighted by Gasteiger charge is -2.17. The summed E-state index contributed by atoms with van der Waals surface area (Å²) >= 11 is 7.94. The quantitative estimate of drug-likeness (QED) is 0.705. The van der Waals surface area contributed by atoms with Crippen LogP contribution in [0, 0.1) is 0 Å². The standard InChI is InChI=1S/C15H16BrNS2/c1-10(11-2-5-17-6-3-11)15(16)14-8-12-9-18-7-4-13(12)19-14/h2-3,5-6,8,10,15H,4,7,9H2,1H3. The summed E-state index contributed by atoms with van der Waals surface area (Å²) in [5, 5.41) is 0. The van der Waals surface area contributed by atoms with Crippen LogP contribution in [-0.2, 0) is 12.2 Å². The molecule has 4 heteroatoms. The molecule has 100 valence electrons. The lowest BCUT2D eigenvalue weighted by Crippen LogP contribution is -2.00. The Bertz CT molecular complexity index is 529. The van der Waals surface area contributed by atoms with Crippen molar-refractivity contribution < 1.29 is 0 Å². The van der Waals surface area contributed by atoms with Crippen molar-refractivity contribution in [2.24, 2.45) is 0 Å². The number of thiophene rings is 1. The lowest BCUT2D eigenvalue weighted by molar-refractivity contribution is 0.759. The Morgan fingerprint density at radius 2 is 2.11 bits per heavy atom. The van der Waals surface area contributed by atoms with Crippen LogP contribution < -0.4 is 0 Å². The van der Waals surface area contributed by atoms with E-state index in [9.17, 15) is 0 Å². The Morgan fingerprint density at radius 3 is 2.84 bits per heavy atom. The summed E-state index contributed by atoms with van der Waals surface area (Å²) in [5.74, 6) is 2.94. The molecule has 3 rings (SSSR count). The number of fused-ring (bicyclic) bond motifs is 1. The third-order valence-electron chi connectivity index (χ3n) is 3.59. The molecule has 0 bridgehead atoms. The van der Waals surface area contributed by atoms with Crippen molar-refractivity contribution in [2.45, 2.75) is 29.8 Å². The van der Waals surface area contributed by atoms with Gasteiger partial charge in [-0.2, -0.15) is 11.8 Å². The van der Waals surface area contributed by atoms with E-state index in [0.29, 0.717) is 10.7 Å². The Morgan fingerprint density at radius 1 is 1.32 bits per heavy atom. The first-order chi connectivity index (χ1) is 9.25.